The Kier molecular flexibility index (Phi) is 9.46. The number of hydrogen-bond donors (Lipinski definition) is 3. The van der Waals surface area contributed by atoms with Gasteiger partial charge < -0.3 is 39.4 Å². The van der Waals surface area contributed by atoms with Crippen molar-refractivity contribution in [3.8, 4) is 0 Å². The number of carboxylic acid groups (broad SMARTS) is 1. The van der Waals surface area contributed by atoms with E-state index in [1.807, 2.05) is 48.5 Å². The molecule has 2 aromatic rings. The Bertz CT molecular complexity index is 1120. The molecule has 3 atom stereocenters. The summed E-state index contributed by atoms with van der Waals surface area (Å²) in [6, 6.07) is 15.6. The second-order valence-corrected chi connectivity index (χ2v) is 10.7. The van der Waals surface area contributed by atoms with Gasteiger partial charge in [-0.15, -0.1) is 0 Å². The van der Waals surface area contributed by atoms with Crippen molar-refractivity contribution in [3.63, 3.8) is 0 Å². The minimum Gasteiger partial charge on any atom is -0.481 e. The molecule has 5 rings (SSSR count). The standard InChI is InChI=1S/C30H38N2O8/c33-20-22-3-5-23(6-4-22)26-17-25(19-32-13-11-30(12-14-32)37-15-16-38-30)39-29(40-26)24-7-1-21(2-8-24)18-31-27(34)9-10-28(35)36/h1-8,25-26,29,33H,9-20H2,(H,31,34)(H,35,36)/t25-,26+,29+/m1/s1. The first-order valence-electron chi connectivity index (χ1n) is 14.0. The van der Waals surface area contributed by atoms with Gasteiger partial charge in [0.1, 0.15) is 0 Å². The van der Waals surface area contributed by atoms with Crippen molar-refractivity contribution < 1.29 is 38.7 Å². The third kappa shape index (κ3) is 7.45. The first-order chi connectivity index (χ1) is 19.4. The van der Waals surface area contributed by atoms with Gasteiger partial charge in [-0.3, -0.25) is 9.59 Å². The molecule has 2 aromatic carbocycles. The quantitative estimate of drug-likeness (QED) is 0.406. The molecule has 0 aromatic heterocycles. The number of carbonyl (C=O) groups excluding carboxylic acids is 1. The first-order valence-corrected chi connectivity index (χ1v) is 14.0. The second kappa shape index (κ2) is 13.2. The van der Waals surface area contributed by atoms with E-state index in [2.05, 4.69) is 10.2 Å². The van der Waals surface area contributed by atoms with Gasteiger partial charge >= 0.3 is 5.97 Å². The van der Waals surface area contributed by atoms with Crippen molar-refractivity contribution in [3.05, 3.63) is 70.8 Å². The first kappa shape index (κ1) is 28.7. The van der Waals surface area contributed by atoms with Crippen molar-refractivity contribution in [2.24, 2.45) is 0 Å². The number of carbonyl (C=O) groups is 2. The molecule has 1 amide bonds. The highest BCUT2D eigenvalue weighted by atomic mass is 16.7. The van der Waals surface area contributed by atoms with Crippen molar-refractivity contribution in [1.29, 1.82) is 0 Å². The zero-order chi connectivity index (χ0) is 28.0. The lowest BCUT2D eigenvalue weighted by molar-refractivity contribution is -0.255. The molecule has 3 aliphatic rings. The van der Waals surface area contributed by atoms with Crippen LogP contribution in [0.15, 0.2) is 48.5 Å². The number of piperidine rings is 1. The topological polar surface area (TPSA) is 127 Å². The van der Waals surface area contributed by atoms with Crippen molar-refractivity contribution in [2.45, 2.75) is 69.5 Å². The van der Waals surface area contributed by atoms with Gasteiger partial charge in [-0.25, -0.2) is 0 Å². The SMILES string of the molecule is O=C(O)CCC(=O)NCc1ccc([C@H]2O[C@@H](CN3CCC4(CC3)OCCO4)C[C@@H](c3ccc(CO)cc3)O2)cc1. The molecule has 3 aliphatic heterocycles. The number of amides is 1. The van der Waals surface area contributed by atoms with E-state index >= 15 is 0 Å². The Hall–Kier alpha value is -2.86. The number of likely N-dealkylation sites (tertiary alicyclic amines) is 1. The van der Waals surface area contributed by atoms with Gasteiger partial charge in [0.2, 0.25) is 5.91 Å². The Morgan fingerprint density at radius 2 is 1.55 bits per heavy atom. The largest absolute Gasteiger partial charge is 0.481 e. The minimum atomic E-state index is -0.992. The van der Waals surface area contributed by atoms with Gasteiger partial charge in [-0.1, -0.05) is 48.5 Å². The smallest absolute Gasteiger partial charge is 0.303 e. The molecule has 3 N–H and O–H groups in total. The molecule has 0 aliphatic carbocycles. The maximum Gasteiger partial charge on any atom is 0.303 e. The van der Waals surface area contributed by atoms with E-state index in [0.717, 1.165) is 54.7 Å². The summed E-state index contributed by atoms with van der Waals surface area (Å²) in [6.45, 7) is 4.19. The molecular weight excluding hydrogens is 516 g/mol. The number of benzene rings is 2. The van der Waals surface area contributed by atoms with Gasteiger partial charge in [0.25, 0.3) is 0 Å². The van der Waals surface area contributed by atoms with Crippen LogP contribution in [0.25, 0.3) is 0 Å². The third-order valence-electron chi connectivity index (χ3n) is 7.82. The zero-order valence-electron chi connectivity index (χ0n) is 22.6. The molecule has 0 bridgehead atoms. The highest BCUT2D eigenvalue weighted by Gasteiger charge is 2.41. The van der Waals surface area contributed by atoms with Crippen LogP contribution in [0.5, 0.6) is 0 Å². The number of hydrogen-bond acceptors (Lipinski definition) is 8. The van der Waals surface area contributed by atoms with Gasteiger partial charge in [-0.2, -0.15) is 0 Å². The number of nitrogens with one attached hydrogen (secondary N) is 1. The molecule has 10 nitrogen and oxygen atoms in total. The molecule has 0 radical (unpaired) electrons. The molecule has 3 fully saturated rings. The summed E-state index contributed by atoms with van der Waals surface area (Å²) in [7, 11) is 0. The molecule has 3 saturated heterocycles. The Balaban J connectivity index is 1.23. The number of aliphatic carboxylic acids is 1. The van der Waals surface area contributed by atoms with Gasteiger partial charge in [0, 0.05) is 57.4 Å². The van der Waals surface area contributed by atoms with E-state index in [0.29, 0.717) is 26.2 Å². The van der Waals surface area contributed by atoms with Crippen LogP contribution in [0.2, 0.25) is 0 Å². The van der Waals surface area contributed by atoms with Gasteiger partial charge in [0.05, 0.1) is 38.4 Å². The lowest BCUT2D eigenvalue weighted by Gasteiger charge is -2.41. The second-order valence-electron chi connectivity index (χ2n) is 10.7. The predicted octanol–water partition coefficient (Wildman–Crippen LogP) is 3.04. The summed E-state index contributed by atoms with van der Waals surface area (Å²) >= 11 is 0. The molecule has 0 unspecified atom stereocenters. The summed E-state index contributed by atoms with van der Waals surface area (Å²) < 4.78 is 24.7. The van der Waals surface area contributed by atoms with E-state index in [4.69, 9.17) is 24.1 Å². The summed E-state index contributed by atoms with van der Waals surface area (Å²) in [5, 5.41) is 20.9. The zero-order valence-corrected chi connectivity index (χ0v) is 22.6. The number of rotatable bonds is 10. The summed E-state index contributed by atoms with van der Waals surface area (Å²) in [6.07, 6.45) is 1.40. The molecule has 3 heterocycles. The normalized spacial score (nSPS) is 24.7. The summed E-state index contributed by atoms with van der Waals surface area (Å²) in [5.74, 6) is -1.70. The van der Waals surface area contributed by atoms with E-state index in [1.165, 1.54) is 0 Å². The van der Waals surface area contributed by atoms with E-state index in [1.54, 1.807) is 0 Å². The number of aliphatic hydroxyl groups is 1. The molecule has 1 spiro atoms. The fraction of sp³-hybridized carbons (Fsp3) is 0.533. The average Bonchev–Trinajstić information content (AvgIpc) is 3.44. The molecule has 216 valence electrons. The van der Waals surface area contributed by atoms with Crippen molar-refractivity contribution in [2.75, 3.05) is 32.8 Å². The molecule has 40 heavy (non-hydrogen) atoms. The summed E-state index contributed by atoms with van der Waals surface area (Å²) in [4.78, 5) is 25.0. The van der Waals surface area contributed by atoms with E-state index in [9.17, 15) is 14.7 Å². The summed E-state index contributed by atoms with van der Waals surface area (Å²) in [5.41, 5.74) is 3.68. The lowest BCUT2D eigenvalue weighted by atomic mass is 9.98. The average molecular weight is 555 g/mol. The Morgan fingerprint density at radius 1 is 0.900 bits per heavy atom. The molecule has 0 saturated carbocycles. The van der Waals surface area contributed by atoms with Crippen LogP contribution in [0.4, 0.5) is 0 Å². The monoisotopic (exact) mass is 554 g/mol. The van der Waals surface area contributed by atoms with E-state index < -0.39 is 18.0 Å². The van der Waals surface area contributed by atoms with Gasteiger partial charge in [-0.05, 0) is 16.7 Å². The fourth-order valence-corrected chi connectivity index (χ4v) is 5.49. The third-order valence-corrected chi connectivity index (χ3v) is 7.82. The number of aliphatic hydroxyl groups excluding tert-OH is 1. The Morgan fingerprint density at radius 3 is 2.20 bits per heavy atom. The number of ether oxygens (including phenoxy) is 4. The molecule has 10 heteroatoms. The van der Waals surface area contributed by atoms with Crippen LogP contribution < -0.4 is 5.32 Å². The Labute approximate surface area is 234 Å². The van der Waals surface area contributed by atoms with Crippen LogP contribution in [0, 0.1) is 0 Å². The van der Waals surface area contributed by atoms with E-state index in [-0.39, 0.29) is 37.6 Å². The highest BCUT2D eigenvalue weighted by Crippen LogP contribution is 2.39. The lowest BCUT2D eigenvalue weighted by Crippen LogP contribution is -2.48. The predicted molar refractivity (Wildman–Crippen MR) is 144 cm³/mol. The minimum absolute atomic E-state index is 0.00356. The van der Waals surface area contributed by atoms with Crippen LogP contribution >= 0.6 is 0 Å². The van der Waals surface area contributed by atoms with Crippen LogP contribution in [0.3, 0.4) is 0 Å². The van der Waals surface area contributed by atoms with Crippen molar-refractivity contribution in [1.82, 2.24) is 10.2 Å². The molecular formula is C30H38N2O8. The maximum atomic E-state index is 11.9. The van der Waals surface area contributed by atoms with Crippen LogP contribution in [-0.4, -0.2) is 71.7 Å². The van der Waals surface area contributed by atoms with Crippen LogP contribution in [0.1, 0.15) is 66.8 Å². The van der Waals surface area contributed by atoms with Gasteiger partial charge in [0.15, 0.2) is 12.1 Å². The number of nitrogens with zero attached hydrogens (tertiary/aromatic N) is 1. The maximum absolute atomic E-state index is 11.9. The number of carboxylic acids is 1. The van der Waals surface area contributed by atoms with Crippen molar-refractivity contribution >= 4 is 11.9 Å². The highest BCUT2D eigenvalue weighted by molar-refractivity contribution is 5.80. The fourth-order valence-electron chi connectivity index (χ4n) is 5.49. The van der Waals surface area contributed by atoms with Crippen LogP contribution in [-0.2, 0) is 41.7 Å².